The molecule has 0 spiro atoms. The molecule has 0 atom stereocenters. The highest BCUT2D eigenvalue weighted by Crippen LogP contribution is 2.13. The van der Waals surface area contributed by atoms with E-state index in [0.29, 0.717) is 16.9 Å². The van der Waals surface area contributed by atoms with Gasteiger partial charge in [-0.2, -0.15) is 4.39 Å². The first kappa shape index (κ1) is 15.0. The summed E-state index contributed by atoms with van der Waals surface area (Å²) in [6, 6.07) is 14.0. The van der Waals surface area contributed by atoms with Crippen molar-refractivity contribution in [3.63, 3.8) is 0 Å². The van der Waals surface area contributed by atoms with Crippen molar-refractivity contribution in [3.8, 4) is 11.4 Å². The highest BCUT2D eigenvalue weighted by atomic mass is 19.1. The number of hydrogen-bond donors (Lipinski definition) is 0. The topological polar surface area (TPSA) is 44.0 Å². The summed E-state index contributed by atoms with van der Waals surface area (Å²) < 4.78 is 16.2. The lowest BCUT2D eigenvalue weighted by molar-refractivity contribution is 0.571. The molecule has 2 aromatic carbocycles. The maximum Gasteiger partial charge on any atom is 0.340 e. The third-order valence-electron chi connectivity index (χ3n) is 3.78. The van der Waals surface area contributed by atoms with Crippen LogP contribution >= 0.6 is 0 Å². The monoisotopic (exact) mass is 310 g/mol. The Morgan fingerprint density at radius 2 is 1.35 bits per heavy atom. The molecule has 4 nitrogen and oxygen atoms in total. The Kier molecular flexibility index (Phi) is 3.70. The highest BCUT2D eigenvalue weighted by Gasteiger charge is 2.15. The number of hydrogen-bond acceptors (Lipinski definition) is 2. The van der Waals surface area contributed by atoms with Crippen LogP contribution in [0, 0.1) is 19.7 Å². The number of para-hydroxylation sites is 2. The number of nitrogens with zero attached hydrogens (tertiary/aromatic N) is 2. The number of aryl methyl sites for hydroxylation is 2. The van der Waals surface area contributed by atoms with Gasteiger partial charge in [0.1, 0.15) is 0 Å². The van der Waals surface area contributed by atoms with Crippen molar-refractivity contribution in [2.75, 3.05) is 0 Å². The van der Waals surface area contributed by atoms with Gasteiger partial charge >= 0.3 is 5.69 Å². The highest BCUT2D eigenvalue weighted by molar-refractivity contribution is 5.43. The normalized spacial score (nSPS) is 10.7. The van der Waals surface area contributed by atoms with Gasteiger partial charge in [0, 0.05) is 0 Å². The fourth-order valence-electron chi connectivity index (χ4n) is 2.56. The van der Waals surface area contributed by atoms with Crippen LogP contribution in [0.15, 0.2) is 64.3 Å². The van der Waals surface area contributed by atoms with E-state index in [2.05, 4.69) is 0 Å². The lowest BCUT2D eigenvalue weighted by atomic mass is 10.2. The minimum atomic E-state index is -0.976. The fraction of sp³-hybridized carbons (Fsp3) is 0.111. The number of aromatic nitrogens is 2. The van der Waals surface area contributed by atoms with Gasteiger partial charge in [0.25, 0.3) is 5.56 Å². The van der Waals surface area contributed by atoms with Gasteiger partial charge in [-0.1, -0.05) is 36.4 Å². The van der Waals surface area contributed by atoms with E-state index < -0.39 is 17.1 Å². The molecule has 3 aromatic rings. The molecule has 0 radical (unpaired) electrons. The summed E-state index contributed by atoms with van der Waals surface area (Å²) in [6.07, 6.45) is 0.946. The van der Waals surface area contributed by atoms with Crippen LogP contribution in [0.1, 0.15) is 11.1 Å². The first-order chi connectivity index (χ1) is 11.0. The second kappa shape index (κ2) is 5.68. The molecular formula is C18H15FN2O2. The minimum absolute atomic E-state index is 0.379. The lowest BCUT2D eigenvalue weighted by Crippen LogP contribution is -2.40. The molecule has 0 amide bonds. The quantitative estimate of drug-likeness (QED) is 0.730. The number of benzene rings is 2. The lowest BCUT2D eigenvalue weighted by Gasteiger charge is -2.13. The van der Waals surface area contributed by atoms with E-state index >= 15 is 0 Å². The van der Waals surface area contributed by atoms with Crippen LogP contribution in [-0.2, 0) is 0 Å². The van der Waals surface area contributed by atoms with E-state index in [4.69, 9.17) is 0 Å². The Hall–Kier alpha value is -2.95. The third-order valence-corrected chi connectivity index (χ3v) is 3.78. The smallest absolute Gasteiger partial charge is 0.266 e. The molecule has 0 saturated carbocycles. The minimum Gasteiger partial charge on any atom is -0.266 e. The van der Waals surface area contributed by atoms with Crippen LogP contribution in [0.2, 0.25) is 0 Å². The van der Waals surface area contributed by atoms with Gasteiger partial charge in [0.05, 0.1) is 17.6 Å². The van der Waals surface area contributed by atoms with Crippen LogP contribution < -0.4 is 11.2 Å². The molecular weight excluding hydrogens is 295 g/mol. The van der Waals surface area contributed by atoms with Gasteiger partial charge in [-0.3, -0.25) is 9.36 Å². The summed E-state index contributed by atoms with van der Waals surface area (Å²) >= 11 is 0. The molecule has 1 heterocycles. The van der Waals surface area contributed by atoms with Crippen LogP contribution in [-0.4, -0.2) is 9.13 Å². The van der Waals surface area contributed by atoms with Crippen molar-refractivity contribution in [2.24, 2.45) is 0 Å². The van der Waals surface area contributed by atoms with E-state index in [9.17, 15) is 14.0 Å². The van der Waals surface area contributed by atoms with Crippen LogP contribution in [0.5, 0.6) is 0 Å². The summed E-state index contributed by atoms with van der Waals surface area (Å²) in [5, 5.41) is 0. The average Bonchev–Trinajstić information content (AvgIpc) is 2.54. The summed E-state index contributed by atoms with van der Waals surface area (Å²) in [5.74, 6) is -0.976. The predicted molar refractivity (Wildman–Crippen MR) is 87.1 cm³/mol. The molecule has 116 valence electrons. The molecule has 0 fully saturated rings. The summed E-state index contributed by atoms with van der Waals surface area (Å²) in [7, 11) is 0. The van der Waals surface area contributed by atoms with Gasteiger partial charge in [-0.25, -0.2) is 9.36 Å². The van der Waals surface area contributed by atoms with Crippen molar-refractivity contribution in [1.82, 2.24) is 9.13 Å². The maximum absolute atomic E-state index is 14.2. The van der Waals surface area contributed by atoms with Crippen molar-refractivity contribution < 1.29 is 4.39 Å². The van der Waals surface area contributed by atoms with E-state index in [1.54, 1.807) is 43.3 Å². The van der Waals surface area contributed by atoms with Gasteiger partial charge in [-0.15, -0.1) is 0 Å². The Balaban J connectivity index is 2.40. The zero-order chi connectivity index (χ0) is 16.6. The summed E-state index contributed by atoms with van der Waals surface area (Å²) in [4.78, 5) is 25.0. The van der Waals surface area contributed by atoms with Crippen LogP contribution in [0.4, 0.5) is 4.39 Å². The molecule has 0 saturated heterocycles. The molecule has 0 aliphatic rings. The average molecular weight is 310 g/mol. The van der Waals surface area contributed by atoms with Crippen LogP contribution in [0.25, 0.3) is 11.4 Å². The zero-order valence-corrected chi connectivity index (χ0v) is 12.8. The van der Waals surface area contributed by atoms with Gasteiger partial charge in [0.15, 0.2) is 0 Å². The molecule has 3 rings (SSSR count). The van der Waals surface area contributed by atoms with E-state index in [-0.39, 0.29) is 0 Å². The Bertz CT molecular complexity index is 1000. The maximum atomic E-state index is 14.2. The first-order valence-electron chi connectivity index (χ1n) is 7.17. The third kappa shape index (κ3) is 2.50. The van der Waals surface area contributed by atoms with Gasteiger partial charge in [0.2, 0.25) is 5.82 Å². The SMILES string of the molecule is Cc1ccccc1-n1cc(F)c(=O)n(-c2ccccc2C)c1=O. The van der Waals surface area contributed by atoms with Crippen LogP contribution in [0.3, 0.4) is 0 Å². The van der Waals surface area contributed by atoms with Gasteiger partial charge < -0.3 is 0 Å². The Labute approximate surface area is 132 Å². The largest absolute Gasteiger partial charge is 0.340 e. The van der Waals surface area contributed by atoms with Crippen molar-refractivity contribution in [2.45, 2.75) is 13.8 Å². The first-order valence-corrected chi connectivity index (χ1v) is 7.17. The molecule has 0 aliphatic carbocycles. The summed E-state index contributed by atoms with van der Waals surface area (Å²) in [6.45, 7) is 3.59. The standard InChI is InChI=1S/C18H15FN2O2/c1-12-7-3-5-9-15(12)20-11-14(19)17(22)21(18(20)23)16-10-6-4-8-13(16)2/h3-11H,1-2H3. The molecule has 0 unspecified atom stereocenters. The molecule has 23 heavy (non-hydrogen) atoms. The second-order valence-electron chi connectivity index (χ2n) is 5.34. The van der Waals surface area contributed by atoms with E-state index in [1.165, 1.54) is 4.57 Å². The molecule has 1 aromatic heterocycles. The molecule has 0 bridgehead atoms. The Morgan fingerprint density at radius 3 is 1.91 bits per heavy atom. The van der Waals surface area contributed by atoms with Crippen molar-refractivity contribution >= 4 is 0 Å². The van der Waals surface area contributed by atoms with Crippen molar-refractivity contribution in [3.05, 3.63) is 92.5 Å². The zero-order valence-electron chi connectivity index (χ0n) is 12.8. The molecule has 5 heteroatoms. The van der Waals surface area contributed by atoms with Gasteiger partial charge in [-0.05, 0) is 37.1 Å². The summed E-state index contributed by atoms with van der Waals surface area (Å²) in [5.41, 5.74) is 0.898. The predicted octanol–water partition coefficient (Wildman–Crippen LogP) is 2.74. The Morgan fingerprint density at radius 1 is 0.826 bits per heavy atom. The molecule has 0 aliphatic heterocycles. The van der Waals surface area contributed by atoms with E-state index in [1.807, 2.05) is 19.1 Å². The van der Waals surface area contributed by atoms with E-state index in [0.717, 1.165) is 16.3 Å². The number of halogens is 1. The molecule has 0 N–H and O–H groups in total. The second-order valence-corrected chi connectivity index (χ2v) is 5.34. The fourth-order valence-corrected chi connectivity index (χ4v) is 2.56. The van der Waals surface area contributed by atoms with Crippen molar-refractivity contribution in [1.29, 1.82) is 0 Å². The number of rotatable bonds is 2.